The van der Waals surface area contributed by atoms with Crippen LogP contribution >= 0.6 is 0 Å². The van der Waals surface area contributed by atoms with Gasteiger partial charge >= 0.3 is 0 Å². The minimum atomic E-state index is -0.225. The maximum atomic E-state index is 12.7. The lowest BCUT2D eigenvalue weighted by Crippen LogP contribution is -2.42. The van der Waals surface area contributed by atoms with Crippen molar-refractivity contribution in [1.29, 1.82) is 0 Å². The molecule has 0 saturated heterocycles. The van der Waals surface area contributed by atoms with Gasteiger partial charge in [0.25, 0.3) is 0 Å². The molecule has 96 valence electrons. The third-order valence-electron chi connectivity index (χ3n) is 2.35. The van der Waals surface area contributed by atoms with Gasteiger partial charge in [-0.15, -0.1) is 0 Å². The second kappa shape index (κ2) is 6.10. The van der Waals surface area contributed by atoms with Gasteiger partial charge in [0, 0.05) is 6.04 Å². The van der Waals surface area contributed by atoms with Crippen molar-refractivity contribution in [2.45, 2.75) is 38.8 Å². The molecule has 0 aromatic heterocycles. The molecular weight excluding hydrogens is 219 g/mol. The largest absolute Gasteiger partial charge is 0.374 e. The van der Waals surface area contributed by atoms with Crippen LogP contribution in [-0.4, -0.2) is 18.2 Å². The third kappa shape index (κ3) is 5.77. The van der Waals surface area contributed by atoms with Gasteiger partial charge in [-0.1, -0.05) is 12.1 Å². The Bertz CT molecular complexity index is 332. The maximum absolute atomic E-state index is 12.7. The van der Waals surface area contributed by atoms with Crippen LogP contribution in [0.2, 0.25) is 0 Å². The van der Waals surface area contributed by atoms with E-state index in [1.165, 1.54) is 12.1 Å². The molecule has 1 aromatic rings. The molecule has 0 bridgehead atoms. The lowest BCUT2D eigenvalue weighted by Gasteiger charge is -2.24. The van der Waals surface area contributed by atoms with Crippen LogP contribution in [0, 0.1) is 5.82 Å². The molecule has 0 aliphatic heterocycles. The van der Waals surface area contributed by atoms with Gasteiger partial charge in [0.05, 0.1) is 12.2 Å². The average molecular weight is 240 g/mol. The monoisotopic (exact) mass is 240 g/mol. The molecule has 1 unspecified atom stereocenters. The number of hydrazine groups is 1. The molecule has 0 radical (unpaired) electrons. The van der Waals surface area contributed by atoms with Crippen molar-refractivity contribution in [3.05, 3.63) is 35.6 Å². The molecule has 17 heavy (non-hydrogen) atoms. The smallest absolute Gasteiger partial charge is 0.123 e. The van der Waals surface area contributed by atoms with Crippen LogP contribution in [-0.2, 0) is 11.2 Å². The Balaban J connectivity index is 2.49. The Morgan fingerprint density at radius 3 is 2.35 bits per heavy atom. The minimum absolute atomic E-state index is 0.0275. The number of hydrogen-bond donors (Lipinski definition) is 2. The van der Waals surface area contributed by atoms with E-state index in [2.05, 4.69) is 5.43 Å². The predicted molar refractivity (Wildman–Crippen MR) is 66.9 cm³/mol. The summed E-state index contributed by atoms with van der Waals surface area (Å²) in [5.41, 5.74) is 3.57. The Labute approximate surface area is 102 Å². The number of ether oxygens (including phenoxy) is 1. The highest BCUT2D eigenvalue weighted by Gasteiger charge is 2.14. The number of rotatable bonds is 5. The molecular formula is C13H21FN2O. The van der Waals surface area contributed by atoms with Crippen LogP contribution in [0.5, 0.6) is 0 Å². The summed E-state index contributed by atoms with van der Waals surface area (Å²) in [6, 6.07) is 6.45. The second-order valence-electron chi connectivity index (χ2n) is 5.12. The molecule has 3 N–H and O–H groups in total. The van der Waals surface area contributed by atoms with E-state index in [9.17, 15) is 4.39 Å². The van der Waals surface area contributed by atoms with Crippen molar-refractivity contribution in [2.75, 3.05) is 6.61 Å². The molecule has 0 fully saturated rings. The highest BCUT2D eigenvalue weighted by atomic mass is 19.1. The minimum Gasteiger partial charge on any atom is -0.374 e. The number of hydrogen-bond acceptors (Lipinski definition) is 3. The van der Waals surface area contributed by atoms with E-state index in [0.29, 0.717) is 13.0 Å². The standard InChI is InChI=1S/C13H21FN2O/c1-13(2,3)17-9-12(16-15)8-10-4-6-11(14)7-5-10/h4-7,12,16H,8-9,15H2,1-3H3. The van der Waals surface area contributed by atoms with Crippen molar-refractivity contribution < 1.29 is 9.13 Å². The fraction of sp³-hybridized carbons (Fsp3) is 0.538. The summed E-state index contributed by atoms with van der Waals surface area (Å²) in [4.78, 5) is 0. The molecule has 3 nitrogen and oxygen atoms in total. The summed E-state index contributed by atoms with van der Waals surface area (Å²) in [6.45, 7) is 6.52. The van der Waals surface area contributed by atoms with E-state index < -0.39 is 0 Å². The Kier molecular flexibility index (Phi) is 5.05. The van der Waals surface area contributed by atoms with Crippen LogP contribution in [0.4, 0.5) is 4.39 Å². The summed E-state index contributed by atoms with van der Waals surface area (Å²) in [5, 5.41) is 0. The van der Waals surface area contributed by atoms with Gasteiger partial charge in [-0.3, -0.25) is 11.3 Å². The van der Waals surface area contributed by atoms with E-state index in [1.807, 2.05) is 20.8 Å². The summed E-state index contributed by atoms with van der Waals surface area (Å²) in [5.74, 6) is 5.25. The lowest BCUT2D eigenvalue weighted by molar-refractivity contribution is -0.0143. The summed E-state index contributed by atoms with van der Waals surface area (Å²) in [6.07, 6.45) is 0.715. The predicted octanol–water partition coefficient (Wildman–Crippen LogP) is 2.02. The first kappa shape index (κ1) is 14.1. The molecule has 1 rings (SSSR count). The first-order chi connectivity index (χ1) is 7.90. The zero-order chi connectivity index (χ0) is 12.9. The highest BCUT2D eigenvalue weighted by molar-refractivity contribution is 5.17. The van der Waals surface area contributed by atoms with E-state index in [4.69, 9.17) is 10.6 Å². The molecule has 4 heteroatoms. The first-order valence-corrected chi connectivity index (χ1v) is 5.75. The zero-order valence-corrected chi connectivity index (χ0v) is 10.7. The molecule has 0 amide bonds. The van der Waals surface area contributed by atoms with Crippen molar-refractivity contribution in [2.24, 2.45) is 5.84 Å². The molecule has 0 heterocycles. The normalized spacial score (nSPS) is 13.7. The average Bonchev–Trinajstić information content (AvgIpc) is 2.25. The zero-order valence-electron chi connectivity index (χ0n) is 10.7. The highest BCUT2D eigenvalue weighted by Crippen LogP contribution is 2.10. The number of nitrogens with two attached hydrogens (primary N) is 1. The van der Waals surface area contributed by atoms with Gasteiger partial charge in [-0.2, -0.15) is 0 Å². The molecule has 0 spiro atoms. The summed E-state index contributed by atoms with van der Waals surface area (Å²) < 4.78 is 18.4. The fourth-order valence-electron chi connectivity index (χ4n) is 1.42. The van der Waals surface area contributed by atoms with Crippen LogP contribution in [0.15, 0.2) is 24.3 Å². The number of halogens is 1. The van der Waals surface area contributed by atoms with Crippen molar-refractivity contribution in [3.8, 4) is 0 Å². The third-order valence-corrected chi connectivity index (χ3v) is 2.35. The number of benzene rings is 1. The second-order valence-corrected chi connectivity index (χ2v) is 5.12. The lowest BCUT2D eigenvalue weighted by atomic mass is 10.1. The van der Waals surface area contributed by atoms with Gasteiger partial charge in [-0.25, -0.2) is 4.39 Å². The van der Waals surface area contributed by atoms with E-state index in [-0.39, 0.29) is 17.5 Å². The van der Waals surface area contributed by atoms with Crippen molar-refractivity contribution in [1.82, 2.24) is 5.43 Å². The Morgan fingerprint density at radius 1 is 1.29 bits per heavy atom. The van der Waals surface area contributed by atoms with Crippen molar-refractivity contribution in [3.63, 3.8) is 0 Å². The molecule has 1 atom stereocenters. The molecule has 0 aliphatic rings. The van der Waals surface area contributed by atoms with Gasteiger partial charge in [0.2, 0.25) is 0 Å². The van der Waals surface area contributed by atoms with Crippen LogP contribution in [0.1, 0.15) is 26.3 Å². The van der Waals surface area contributed by atoms with Gasteiger partial charge < -0.3 is 4.74 Å². The number of nitrogens with one attached hydrogen (secondary N) is 1. The summed E-state index contributed by atoms with van der Waals surface area (Å²) in [7, 11) is 0. The Morgan fingerprint density at radius 2 is 1.88 bits per heavy atom. The fourth-order valence-corrected chi connectivity index (χ4v) is 1.42. The van der Waals surface area contributed by atoms with E-state index >= 15 is 0 Å². The van der Waals surface area contributed by atoms with Crippen LogP contribution < -0.4 is 11.3 Å². The van der Waals surface area contributed by atoms with Crippen LogP contribution in [0.3, 0.4) is 0 Å². The quantitative estimate of drug-likeness (QED) is 0.611. The van der Waals surface area contributed by atoms with E-state index in [0.717, 1.165) is 5.56 Å². The SMILES string of the molecule is CC(C)(C)OCC(Cc1ccc(F)cc1)NN. The molecule has 0 saturated carbocycles. The van der Waals surface area contributed by atoms with Gasteiger partial charge in [0.1, 0.15) is 5.82 Å². The molecule has 0 aliphatic carbocycles. The first-order valence-electron chi connectivity index (χ1n) is 5.75. The van der Waals surface area contributed by atoms with Crippen LogP contribution in [0.25, 0.3) is 0 Å². The van der Waals surface area contributed by atoms with Crippen molar-refractivity contribution >= 4 is 0 Å². The topological polar surface area (TPSA) is 47.3 Å². The summed E-state index contributed by atoms with van der Waals surface area (Å²) >= 11 is 0. The maximum Gasteiger partial charge on any atom is 0.123 e. The Hall–Kier alpha value is -0.970. The van der Waals surface area contributed by atoms with Gasteiger partial charge in [0.15, 0.2) is 0 Å². The van der Waals surface area contributed by atoms with E-state index in [1.54, 1.807) is 12.1 Å². The molecule has 1 aromatic carbocycles. The van der Waals surface area contributed by atoms with Gasteiger partial charge in [-0.05, 0) is 44.9 Å².